The van der Waals surface area contributed by atoms with Gasteiger partial charge in [-0.1, -0.05) is 25.1 Å². The third kappa shape index (κ3) is 6.17. The molecule has 0 saturated heterocycles. The number of ketones is 1. The minimum atomic E-state index is -0.236. The summed E-state index contributed by atoms with van der Waals surface area (Å²) in [6, 6.07) is 17.6. The maximum Gasteiger partial charge on any atom is 0.155 e. The van der Waals surface area contributed by atoms with Crippen LogP contribution in [0.25, 0.3) is 22.2 Å². The van der Waals surface area contributed by atoms with Crippen molar-refractivity contribution in [2.75, 3.05) is 0 Å². The molecule has 1 N–H and O–H groups in total. The summed E-state index contributed by atoms with van der Waals surface area (Å²) in [6.07, 6.45) is 1.17. The average molecular weight is 529 g/mol. The molecule has 1 aromatic heterocycles. The fraction of sp³-hybridized carbons (Fsp3) is 0.143. The van der Waals surface area contributed by atoms with Crippen molar-refractivity contribution in [2.24, 2.45) is 0 Å². The number of aliphatic hydroxyl groups is 1. The summed E-state index contributed by atoms with van der Waals surface area (Å²) in [6.45, 7) is 4.87. The molecule has 3 nitrogen and oxygen atoms in total. The Bertz CT molecular complexity index is 934. The van der Waals surface area contributed by atoms with Crippen molar-refractivity contribution in [1.29, 1.82) is 0 Å². The normalized spacial score (nSPS) is 10.5. The smallest absolute Gasteiger partial charge is 0.155 e. The van der Waals surface area contributed by atoms with Crippen LogP contribution in [-0.4, -0.2) is 15.9 Å². The summed E-state index contributed by atoms with van der Waals surface area (Å²) >= 11 is 0. The summed E-state index contributed by atoms with van der Waals surface area (Å²) in [5, 5.41) is 8.91. The zero-order valence-electron chi connectivity index (χ0n) is 14.7. The van der Waals surface area contributed by atoms with Gasteiger partial charge >= 0.3 is 0 Å². The van der Waals surface area contributed by atoms with Crippen LogP contribution in [0.3, 0.4) is 0 Å². The number of hydrogen-bond donors (Lipinski definition) is 1. The molecule has 0 atom stereocenters. The van der Waals surface area contributed by atoms with E-state index in [1.165, 1.54) is 26.0 Å². The number of hydrogen-bond acceptors (Lipinski definition) is 3. The van der Waals surface area contributed by atoms with Crippen LogP contribution in [0.4, 0.5) is 4.39 Å². The Morgan fingerprint density at radius 1 is 1.19 bits per heavy atom. The number of pyridine rings is 1. The summed E-state index contributed by atoms with van der Waals surface area (Å²) in [5.41, 5.74) is 3.57. The predicted molar refractivity (Wildman–Crippen MR) is 97.8 cm³/mol. The SMILES string of the molecule is CC(=O)/C=C(/C)O.Cc1cc[c-]c(-c2ccc3c(F)cccc3n2)c1.[Ir]. The second kappa shape index (κ2) is 9.95. The number of benzene rings is 2. The number of fused-ring (bicyclic) bond motifs is 1. The number of carbonyl (C=O) groups is 1. The van der Waals surface area contributed by atoms with Crippen LogP contribution in [0.15, 0.2) is 60.4 Å². The van der Waals surface area contributed by atoms with E-state index in [0.29, 0.717) is 10.9 Å². The molecule has 0 unspecified atom stereocenters. The minimum Gasteiger partial charge on any atom is -0.512 e. The molecule has 2 aromatic carbocycles. The standard InChI is InChI=1S/C16H11FN.C5H8O2.Ir/c1-11-4-2-5-12(10-11)15-9-8-13-14(17)6-3-7-16(13)18-15;1-4(6)3-5(2)7;/h2-4,6-10H,1H3;3,6H,1-2H3;/q-1;;/b;4-3-;. The Balaban J connectivity index is 0.000000366. The molecule has 26 heavy (non-hydrogen) atoms. The Labute approximate surface area is 165 Å². The van der Waals surface area contributed by atoms with Crippen LogP contribution < -0.4 is 0 Å². The molecular formula is C21H19FIrNO2-. The monoisotopic (exact) mass is 529 g/mol. The van der Waals surface area contributed by atoms with E-state index in [2.05, 4.69) is 11.1 Å². The van der Waals surface area contributed by atoms with Crippen LogP contribution in [0.1, 0.15) is 19.4 Å². The third-order valence-corrected chi connectivity index (χ3v) is 3.32. The second-order valence-corrected chi connectivity index (χ2v) is 5.68. The van der Waals surface area contributed by atoms with Crippen LogP contribution in [0, 0.1) is 18.8 Å². The van der Waals surface area contributed by atoms with Gasteiger partial charge in [0.15, 0.2) is 5.78 Å². The zero-order chi connectivity index (χ0) is 18.4. The molecule has 0 fully saturated rings. The molecule has 3 rings (SSSR count). The van der Waals surface area contributed by atoms with Crippen molar-refractivity contribution in [3.63, 3.8) is 0 Å². The largest absolute Gasteiger partial charge is 0.512 e. The molecule has 0 aliphatic rings. The molecule has 1 radical (unpaired) electrons. The number of aryl methyl sites for hydroxylation is 1. The second-order valence-electron chi connectivity index (χ2n) is 5.68. The predicted octanol–water partition coefficient (Wildman–Crippen LogP) is 5.18. The van der Waals surface area contributed by atoms with E-state index in [4.69, 9.17) is 5.11 Å². The van der Waals surface area contributed by atoms with Crippen molar-refractivity contribution in [1.82, 2.24) is 4.98 Å². The number of rotatable bonds is 2. The van der Waals surface area contributed by atoms with Gasteiger partial charge in [-0.2, -0.15) is 0 Å². The van der Waals surface area contributed by atoms with Gasteiger partial charge in [0.25, 0.3) is 0 Å². The van der Waals surface area contributed by atoms with Crippen LogP contribution >= 0.6 is 0 Å². The van der Waals surface area contributed by atoms with Crippen molar-refractivity contribution in [3.05, 3.63) is 77.8 Å². The summed E-state index contributed by atoms with van der Waals surface area (Å²) in [7, 11) is 0. The van der Waals surface area contributed by atoms with Gasteiger partial charge in [-0.15, -0.1) is 35.4 Å². The first-order chi connectivity index (χ1) is 11.9. The van der Waals surface area contributed by atoms with Gasteiger partial charge in [0.05, 0.1) is 11.3 Å². The first-order valence-electron chi connectivity index (χ1n) is 7.78. The van der Waals surface area contributed by atoms with E-state index >= 15 is 0 Å². The van der Waals surface area contributed by atoms with Crippen molar-refractivity contribution < 1.29 is 34.4 Å². The number of nitrogens with zero attached hydrogens (tertiary/aromatic N) is 1. The Hall–Kier alpha value is -2.36. The van der Waals surface area contributed by atoms with E-state index in [0.717, 1.165) is 16.8 Å². The van der Waals surface area contributed by atoms with Gasteiger partial charge in [-0.25, -0.2) is 4.39 Å². The molecule has 5 heteroatoms. The van der Waals surface area contributed by atoms with Crippen molar-refractivity contribution in [3.8, 4) is 11.3 Å². The van der Waals surface area contributed by atoms with Gasteiger partial charge in [0.2, 0.25) is 0 Å². The Kier molecular flexibility index (Phi) is 8.30. The molecule has 1 heterocycles. The van der Waals surface area contributed by atoms with Crippen molar-refractivity contribution in [2.45, 2.75) is 20.8 Å². The van der Waals surface area contributed by atoms with Crippen LogP contribution in [-0.2, 0) is 24.9 Å². The van der Waals surface area contributed by atoms with Gasteiger partial charge in [0, 0.05) is 31.6 Å². The molecule has 3 aromatic rings. The number of aromatic nitrogens is 1. The van der Waals surface area contributed by atoms with Gasteiger partial charge in [-0.05, 0) is 31.7 Å². The van der Waals surface area contributed by atoms with E-state index in [1.54, 1.807) is 12.1 Å². The summed E-state index contributed by atoms with van der Waals surface area (Å²) in [5.74, 6) is -0.299. The van der Waals surface area contributed by atoms with Crippen LogP contribution in [0.5, 0.6) is 0 Å². The maximum absolute atomic E-state index is 13.5. The average Bonchev–Trinajstić information content (AvgIpc) is 2.54. The molecule has 137 valence electrons. The first kappa shape index (κ1) is 21.7. The van der Waals surface area contributed by atoms with Gasteiger partial charge < -0.3 is 5.11 Å². The number of carbonyl (C=O) groups excluding carboxylic acids is 1. The molecule has 0 aliphatic heterocycles. The van der Waals surface area contributed by atoms with Gasteiger partial charge in [0.1, 0.15) is 5.82 Å². The number of halogens is 1. The third-order valence-electron chi connectivity index (χ3n) is 3.32. The van der Waals surface area contributed by atoms with E-state index in [1.807, 2.05) is 37.3 Å². The van der Waals surface area contributed by atoms with E-state index in [9.17, 15) is 9.18 Å². The first-order valence-corrected chi connectivity index (χ1v) is 7.78. The molecule has 0 amide bonds. The summed E-state index contributed by atoms with van der Waals surface area (Å²) < 4.78 is 13.5. The number of allylic oxidation sites excluding steroid dienone is 2. The van der Waals surface area contributed by atoms with E-state index < -0.39 is 0 Å². The van der Waals surface area contributed by atoms with E-state index in [-0.39, 0.29) is 37.5 Å². The summed E-state index contributed by atoms with van der Waals surface area (Å²) in [4.78, 5) is 14.5. The Morgan fingerprint density at radius 3 is 2.50 bits per heavy atom. The molecule has 0 spiro atoms. The Morgan fingerprint density at radius 2 is 1.92 bits per heavy atom. The maximum atomic E-state index is 13.5. The fourth-order valence-corrected chi connectivity index (χ4v) is 2.29. The topological polar surface area (TPSA) is 50.2 Å². The minimum absolute atomic E-state index is 0. The molecule has 0 bridgehead atoms. The van der Waals surface area contributed by atoms with Gasteiger partial charge in [-0.3, -0.25) is 9.78 Å². The quantitative estimate of drug-likeness (QED) is 0.283. The fourth-order valence-electron chi connectivity index (χ4n) is 2.29. The molecular weight excluding hydrogens is 509 g/mol. The molecule has 0 aliphatic carbocycles. The van der Waals surface area contributed by atoms with Crippen LogP contribution in [0.2, 0.25) is 0 Å². The molecule has 0 saturated carbocycles. The number of aliphatic hydroxyl groups excluding tert-OH is 1. The van der Waals surface area contributed by atoms with Crippen molar-refractivity contribution >= 4 is 16.7 Å². The zero-order valence-corrected chi connectivity index (χ0v) is 17.1.